The van der Waals surface area contributed by atoms with E-state index >= 15 is 0 Å². The third kappa shape index (κ3) is 3.85. The molecule has 1 atom stereocenters. The van der Waals surface area contributed by atoms with E-state index in [0.717, 1.165) is 11.5 Å². The van der Waals surface area contributed by atoms with Gasteiger partial charge in [0.15, 0.2) is 0 Å². The molecule has 0 aromatic carbocycles. The molecule has 2 aromatic heterocycles. The first-order valence-corrected chi connectivity index (χ1v) is 8.07. The number of hydrogen-bond acceptors (Lipinski definition) is 7. The molecule has 1 saturated heterocycles. The van der Waals surface area contributed by atoms with Gasteiger partial charge in [-0.2, -0.15) is 15.3 Å². The Kier molecular flexibility index (Phi) is 4.79. The number of hydrogen-bond donors (Lipinski definition) is 1. The molecular weight excluding hydrogens is 320 g/mol. The largest absolute Gasteiger partial charge is 0.353 e. The molecule has 1 aliphatic heterocycles. The van der Waals surface area contributed by atoms with Gasteiger partial charge in [-0.25, -0.2) is 4.98 Å². The van der Waals surface area contributed by atoms with Crippen LogP contribution in [0.1, 0.15) is 13.3 Å². The van der Waals surface area contributed by atoms with E-state index in [9.17, 15) is 4.79 Å². The highest BCUT2D eigenvalue weighted by atomic mass is 16.2. The Labute approximate surface area is 145 Å². The molecule has 3 rings (SSSR count). The van der Waals surface area contributed by atoms with Crippen molar-refractivity contribution in [3.63, 3.8) is 0 Å². The average molecular weight is 340 g/mol. The van der Waals surface area contributed by atoms with E-state index in [-0.39, 0.29) is 18.4 Å². The van der Waals surface area contributed by atoms with Crippen molar-refractivity contribution >= 4 is 23.4 Å². The monoisotopic (exact) mass is 340 g/mol. The zero-order valence-corrected chi connectivity index (χ0v) is 14.3. The highest BCUT2D eigenvalue weighted by Gasteiger charge is 2.27. The molecular formula is C16H20N8O. The maximum atomic E-state index is 12.0. The lowest BCUT2D eigenvalue weighted by Gasteiger charge is -2.40. The van der Waals surface area contributed by atoms with Crippen molar-refractivity contribution in [3.8, 4) is 6.07 Å². The molecule has 0 saturated carbocycles. The van der Waals surface area contributed by atoms with Crippen molar-refractivity contribution in [2.75, 3.05) is 29.9 Å². The van der Waals surface area contributed by atoms with E-state index in [4.69, 9.17) is 5.26 Å². The number of piperazine rings is 1. The summed E-state index contributed by atoms with van der Waals surface area (Å²) >= 11 is 0. The summed E-state index contributed by atoms with van der Waals surface area (Å²) in [6, 6.07) is 3.80. The fraction of sp³-hybridized carbons (Fsp3) is 0.438. The fourth-order valence-corrected chi connectivity index (χ4v) is 2.91. The number of rotatable bonds is 4. The predicted molar refractivity (Wildman–Crippen MR) is 92.1 cm³/mol. The van der Waals surface area contributed by atoms with Gasteiger partial charge in [0.1, 0.15) is 12.2 Å². The van der Waals surface area contributed by atoms with Crippen LogP contribution in [0, 0.1) is 11.3 Å². The molecule has 0 spiro atoms. The van der Waals surface area contributed by atoms with Crippen LogP contribution in [0.5, 0.6) is 0 Å². The van der Waals surface area contributed by atoms with Gasteiger partial charge >= 0.3 is 0 Å². The van der Waals surface area contributed by atoms with Gasteiger partial charge in [0.2, 0.25) is 11.9 Å². The Balaban J connectivity index is 1.68. The standard InChI is InChI=1S/C16H20N8O/c1-12-10-23(7-8-24(12)15(25)3-5-17)14-4-6-18-16(21-14)20-13-9-19-22(2)11-13/h4,6,9,11-12H,3,7-8,10H2,1-2H3,(H,18,20,21)/t12-/m0/s1. The SMILES string of the molecule is C[C@H]1CN(c2ccnc(Nc3cnn(C)c3)n2)CCN1C(=O)CC#N. The Morgan fingerprint density at radius 2 is 2.32 bits per heavy atom. The van der Waals surface area contributed by atoms with E-state index in [0.29, 0.717) is 25.6 Å². The minimum absolute atomic E-state index is 0.0271. The van der Waals surface area contributed by atoms with Crippen LogP contribution in [-0.4, -0.2) is 56.2 Å². The highest BCUT2D eigenvalue weighted by Crippen LogP contribution is 2.19. The van der Waals surface area contributed by atoms with Gasteiger partial charge in [-0.15, -0.1) is 0 Å². The molecule has 0 radical (unpaired) electrons. The summed E-state index contributed by atoms with van der Waals surface area (Å²) in [6.45, 7) is 3.90. The van der Waals surface area contributed by atoms with Crippen LogP contribution in [0.15, 0.2) is 24.7 Å². The molecule has 0 unspecified atom stereocenters. The second-order valence-corrected chi connectivity index (χ2v) is 5.98. The molecule has 1 aliphatic rings. The summed E-state index contributed by atoms with van der Waals surface area (Å²) in [5, 5.41) is 15.9. The van der Waals surface area contributed by atoms with Crippen molar-refractivity contribution in [2.45, 2.75) is 19.4 Å². The number of carbonyl (C=O) groups is 1. The van der Waals surface area contributed by atoms with Gasteiger partial charge in [-0.05, 0) is 13.0 Å². The number of nitrogens with zero attached hydrogens (tertiary/aromatic N) is 7. The van der Waals surface area contributed by atoms with E-state index in [1.54, 1.807) is 22.0 Å². The van der Waals surface area contributed by atoms with Gasteiger partial charge in [0, 0.05) is 45.1 Å². The third-order valence-corrected chi connectivity index (χ3v) is 4.10. The number of amides is 1. The molecule has 0 bridgehead atoms. The summed E-state index contributed by atoms with van der Waals surface area (Å²) < 4.78 is 1.70. The minimum Gasteiger partial charge on any atom is -0.353 e. The molecule has 3 heterocycles. The summed E-state index contributed by atoms with van der Waals surface area (Å²) in [6.07, 6.45) is 5.19. The highest BCUT2D eigenvalue weighted by molar-refractivity contribution is 5.78. The second-order valence-electron chi connectivity index (χ2n) is 5.98. The Bertz CT molecular complexity index is 795. The normalized spacial score (nSPS) is 17.2. The van der Waals surface area contributed by atoms with Gasteiger partial charge in [-0.1, -0.05) is 0 Å². The van der Waals surface area contributed by atoms with Crippen molar-refractivity contribution < 1.29 is 4.79 Å². The van der Waals surface area contributed by atoms with Gasteiger partial charge < -0.3 is 15.1 Å². The van der Waals surface area contributed by atoms with E-state index in [2.05, 4.69) is 25.3 Å². The van der Waals surface area contributed by atoms with Crippen LogP contribution in [-0.2, 0) is 11.8 Å². The van der Waals surface area contributed by atoms with Crippen LogP contribution >= 0.6 is 0 Å². The number of nitrogens with one attached hydrogen (secondary N) is 1. The lowest BCUT2D eigenvalue weighted by molar-refractivity contribution is -0.132. The third-order valence-electron chi connectivity index (χ3n) is 4.10. The van der Waals surface area contributed by atoms with Gasteiger partial charge in [-0.3, -0.25) is 9.48 Å². The molecule has 9 heteroatoms. The quantitative estimate of drug-likeness (QED) is 0.882. The maximum absolute atomic E-state index is 12.0. The number of anilines is 3. The first-order chi connectivity index (χ1) is 12.1. The van der Waals surface area contributed by atoms with Crippen LogP contribution in [0.3, 0.4) is 0 Å². The van der Waals surface area contributed by atoms with Crippen LogP contribution in [0.25, 0.3) is 0 Å². The molecule has 1 amide bonds. The molecule has 2 aromatic rings. The smallest absolute Gasteiger partial charge is 0.237 e. The zero-order valence-electron chi connectivity index (χ0n) is 14.3. The van der Waals surface area contributed by atoms with Gasteiger partial charge in [0.05, 0.1) is 18.0 Å². The van der Waals surface area contributed by atoms with Crippen LogP contribution in [0.2, 0.25) is 0 Å². The lowest BCUT2D eigenvalue weighted by atomic mass is 10.1. The molecule has 1 fully saturated rings. The van der Waals surface area contributed by atoms with E-state index in [1.807, 2.05) is 32.3 Å². The molecule has 9 nitrogen and oxygen atoms in total. The summed E-state index contributed by atoms with van der Waals surface area (Å²) in [5.74, 6) is 1.19. The number of aromatic nitrogens is 4. The van der Waals surface area contributed by atoms with Crippen molar-refractivity contribution in [1.29, 1.82) is 5.26 Å². The topological polar surface area (TPSA) is 103 Å². The van der Waals surface area contributed by atoms with Crippen LogP contribution < -0.4 is 10.2 Å². The first kappa shape index (κ1) is 16.7. The Hall–Kier alpha value is -3.15. The predicted octanol–water partition coefficient (Wildman–Crippen LogP) is 0.904. The number of carbonyl (C=O) groups excluding carboxylic acids is 1. The molecule has 130 valence electrons. The summed E-state index contributed by atoms with van der Waals surface area (Å²) in [4.78, 5) is 24.6. The second kappa shape index (κ2) is 7.17. The number of aryl methyl sites for hydroxylation is 1. The van der Waals surface area contributed by atoms with Crippen LogP contribution in [0.4, 0.5) is 17.5 Å². The van der Waals surface area contributed by atoms with E-state index in [1.165, 1.54) is 0 Å². The molecule has 1 N–H and O–H groups in total. The Morgan fingerprint density at radius 3 is 3.00 bits per heavy atom. The minimum atomic E-state index is -0.115. The number of nitriles is 1. The maximum Gasteiger partial charge on any atom is 0.237 e. The average Bonchev–Trinajstić information content (AvgIpc) is 3.00. The van der Waals surface area contributed by atoms with Crippen molar-refractivity contribution in [2.24, 2.45) is 7.05 Å². The lowest BCUT2D eigenvalue weighted by Crippen LogP contribution is -2.54. The van der Waals surface area contributed by atoms with Crippen molar-refractivity contribution in [3.05, 3.63) is 24.7 Å². The summed E-state index contributed by atoms with van der Waals surface area (Å²) in [7, 11) is 1.84. The van der Waals surface area contributed by atoms with Gasteiger partial charge in [0.25, 0.3) is 0 Å². The first-order valence-electron chi connectivity index (χ1n) is 8.07. The summed E-state index contributed by atoms with van der Waals surface area (Å²) in [5.41, 5.74) is 0.819. The van der Waals surface area contributed by atoms with Crippen molar-refractivity contribution in [1.82, 2.24) is 24.6 Å². The van der Waals surface area contributed by atoms with E-state index < -0.39 is 0 Å². The molecule has 0 aliphatic carbocycles. The molecule has 25 heavy (non-hydrogen) atoms. The zero-order chi connectivity index (χ0) is 17.8. The fourth-order valence-electron chi connectivity index (χ4n) is 2.91. The Morgan fingerprint density at radius 1 is 1.48 bits per heavy atom.